The topological polar surface area (TPSA) is 45.8 Å². The Kier molecular flexibility index (Phi) is 6.53. The number of alkyl halides is 2. The highest BCUT2D eigenvalue weighted by Crippen LogP contribution is 2.25. The van der Waals surface area contributed by atoms with E-state index in [1.54, 1.807) is 18.1 Å². The standard InChI is InChI=1S/C22H21F2N5S/c23-22(24)21-14-20(26-27-21)18-8-6-17(7-9-18)15-29(19-4-2-1-3-5-19)30-13-12-28-11-10-25-16-28/h1-11,16,22H,12-15H2. The Balaban J connectivity index is 1.41. The normalized spacial score (nSPS) is 13.4. The summed E-state index contributed by atoms with van der Waals surface area (Å²) in [5, 5.41) is 7.51. The van der Waals surface area contributed by atoms with Crippen molar-refractivity contribution in [2.24, 2.45) is 10.2 Å². The summed E-state index contributed by atoms with van der Waals surface area (Å²) in [6.07, 6.45) is 3.12. The van der Waals surface area contributed by atoms with Gasteiger partial charge in [0.25, 0.3) is 6.43 Å². The van der Waals surface area contributed by atoms with E-state index < -0.39 is 6.43 Å². The van der Waals surface area contributed by atoms with Crippen molar-refractivity contribution in [3.63, 3.8) is 0 Å². The summed E-state index contributed by atoms with van der Waals surface area (Å²) in [5.41, 5.74) is 3.51. The summed E-state index contributed by atoms with van der Waals surface area (Å²) >= 11 is 1.76. The van der Waals surface area contributed by atoms with E-state index in [0.29, 0.717) is 5.71 Å². The quantitative estimate of drug-likeness (QED) is 0.451. The van der Waals surface area contributed by atoms with Crippen LogP contribution in [0.4, 0.5) is 14.5 Å². The van der Waals surface area contributed by atoms with Crippen molar-refractivity contribution in [3.05, 3.63) is 84.4 Å². The first-order valence-corrected chi connectivity index (χ1v) is 10.6. The molecule has 0 atom stereocenters. The molecule has 0 N–H and O–H groups in total. The molecule has 0 radical (unpaired) electrons. The number of halogens is 2. The monoisotopic (exact) mass is 425 g/mol. The Bertz CT molecular complexity index is 1000. The Morgan fingerprint density at radius 2 is 1.83 bits per heavy atom. The van der Waals surface area contributed by atoms with Crippen LogP contribution in [0.2, 0.25) is 0 Å². The predicted octanol–water partition coefficient (Wildman–Crippen LogP) is 5.05. The maximum atomic E-state index is 12.8. The molecule has 0 amide bonds. The maximum absolute atomic E-state index is 12.8. The van der Waals surface area contributed by atoms with Gasteiger partial charge in [0.15, 0.2) is 0 Å². The summed E-state index contributed by atoms with van der Waals surface area (Å²) in [7, 11) is 0. The first-order valence-electron chi connectivity index (χ1n) is 9.61. The van der Waals surface area contributed by atoms with Crippen LogP contribution in [0, 0.1) is 0 Å². The van der Waals surface area contributed by atoms with E-state index in [9.17, 15) is 8.78 Å². The summed E-state index contributed by atoms with van der Waals surface area (Å²) < 4.78 is 29.9. The van der Waals surface area contributed by atoms with Gasteiger partial charge in [0.2, 0.25) is 0 Å². The first kappa shape index (κ1) is 20.3. The van der Waals surface area contributed by atoms with Crippen LogP contribution in [0.3, 0.4) is 0 Å². The highest BCUT2D eigenvalue weighted by atomic mass is 32.2. The number of benzene rings is 2. The summed E-state index contributed by atoms with van der Waals surface area (Å²) in [4.78, 5) is 4.08. The molecule has 2 aromatic carbocycles. The Hall–Kier alpha value is -3.00. The van der Waals surface area contributed by atoms with E-state index >= 15 is 0 Å². The average Bonchev–Trinajstić information content (AvgIpc) is 3.47. The molecular weight excluding hydrogens is 404 g/mol. The predicted molar refractivity (Wildman–Crippen MR) is 118 cm³/mol. The van der Waals surface area contributed by atoms with Crippen LogP contribution in [-0.4, -0.2) is 33.2 Å². The van der Waals surface area contributed by atoms with Gasteiger partial charge in [-0.1, -0.05) is 42.5 Å². The van der Waals surface area contributed by atoms with Crippen LogP contribution in [-0.2, 0) is 13.1 Å². The highest BCUT2D eigenvalue weighted by molar-refractivity contribution is 8.00. The van der Waals surface area contributed by atoms with E-state index in [2.05, 4.69) is 36.2 Å². The first-order chi connectivity index (χ1) is 14.7. The van der Waals surface area contributed by atoms with Gasteiger partial charge < -0.3 is 8.87 Å². The molecule has 30 heavy (non-hydrogen) atoms. The third-order valence-corrected chi connectivity index (χ3v) is 5.73. The molecule has 5 nitrogen and oxygen atoms in total. The molecule has 0 saturated heterocycles. The molecule has 2 heterocycles. The number of aryl methyl sites for hydroxylation is 1. The maximum Gasteiger partial charge on any atom is 0.278 e. The van der Waals surface area contributed by atoms with Gasteiger partial charge in [0.1, 0.15) is 5.71 Å². The summed E-state index contributed by atoms with van der Waals surface area (Å²) in [5.74, 6) is 0.911. The summed E-state index contributed by atoms with van der Waals surface area (Å²) in [6.45, 7) is 1.60. The largest absolute Gasteiger partial charge is 0.337 e. The average molecular weight is 426 g/mol. The van der Waals surface area contributed by atoms with Gasteiger partial charge >= 0.3 is 0 Å². The molecule has 0 saturated carbocycles. The van der Waals surface area contributed by atoms with E-state index in [1.165, 1.54) is 0 Å². The highest BCUT2D eigenvalue weighted by Gasteiger charge is 2.21. The molecule has 0 bridgehead atoms. The van der Waals surface area contributed by atoms with Gasteiger partial charge in [-0.2, -0.15) is 10.2 Å². The van der Waals surface area contributed by atoms with Crippen molar-refractivity contribution in [1.29, 1.82) is 0 Å². The van der Waals surface area contributed by atoms with Gasteiger partial charge in [0.05, 0.1) is 18.6 Å². The van der Waals surface area contributed by atoms with Crippen LogP contribution >= 0.6 is 11.9 Å². The van der Waals surface area contributed by atoms with Crippen LogP contribution in [0.1, 0.15) is 17.5 Å². The van der Waals surface area contributed by atoms with Crippen molar-refractivity contribution >= 4 is 29.1 Å². The minimum Gasteiger partial charge on any atom is -0.337 e. The van der Waals surface area contributed by atoms with E-state index in [1.807, 2.05) is 55.0 Å². The molecule has 1 aliphatic heterocycles. The number of anilines is 1. The van der Waals surface area contributed by atoms with Crippen LogP contribution in [0.5, 0.6) is 0 Å². The molecule has 3 aromatic rings. The minimum absolute atomic E-state index is 0.108. The van der Waals surface area contributed by atoms with Crippen molar-refractivity contribution in [2.75, 3.05) is 10.1 Å². The van der Waals surface area contributed by atoms with Crippen LogP contribution < -0.4 is 4.31 Å². The zero-order chi connectivity index (χ0) is 20.8. The number of imidazole rings is 1. The molecular formula is C22H21F2N5S. The number of rotatable bonds is 9. The van der Waals surface area contributed by atoms with Crippen LogP contribution in [0.25, 0.3) is 0 Å². The van der Waals surface area contributed by atoms with Crippen LogP contribution in [0.15, 0.2) is 83.5 Å². The van der Waals surface area contributed by atoms with Gasteiger partial charge in [-0.25, -0.2) is 13.8 Å². The third kappa shape index (κ3) is 5.13. The Labute approximate surface area is 178 Å². The second kappa shape index (κ2) is 9.67. The van der Waals surface area contributed by atoms with Gasteiger partial charge in [-0.3, -0.25) is 0 Å². The lowest BCUT2D eigenvalue weighted by molar-refractivity contribution is 0.224. The molecule has 8 heteroatoms. The number of hydrogen-bond acceptors (Lipinski definition) is 5. The number of para-hydroxylation sites is 1. The lowest BCUT2D eigenvalue weighted by Gasteiger charge is -2.24. The lowest BCUT2D eigenvalue weighted by Crippen LogP contribution is -2.16. The fourth-order valence-electron chi connectivity index (χ4n) is 3.10. The fraction of sp³-hybridized carbons (Fsp3) is 0.227. The smallest absolute Gasteiger partial charge is 0.278 e. The molecule has 0 spiro atoms. The molecule has 1 aliphatic rings. The minimum atomic E-state index is -2.55. The zero-order valence-corrected chi connectivity index (χ0v) is 17.1. The SMILES string of the molecule is FC(F)C1=NN=C(c2ccc(CN(SCCn3ccnc3)c3ccccc3)cc2)C1. The second-order valence-electron chi connectivity index (χ2n) is 6.82. The van der Waals surface area contributed by atoms with Crippen molar-refractivity contribution in [1.82, 2.24) is 9.55 Å². The van der Waals surface area contributed by atoms with Crippen molar-refractivity contribution in [2.45, 2.75) is 25.9 Å². The number of aromatic nitrogens is 2. The van der Waals surface area contributed by atoms with Gasteiger partial charge in [-0.15, -0.1) is 0 Å². The summed E-state index contributed by atoms with van der Waals surface area (Å²) in [6, 6.07) is 18.1. The lowest BCUT2D eigenvalue weighted by atomic mass is 10.0. The Morgan fingerprint density at radius 1 is 1.03 bits per heavy atom. The molecule has 0 unspecified atom stereocenters. The molecule has 0 aliphatic carbocycles. The van der Waals surface area contributed by atoms with E-state index in [0.717, 1.165) is 35.7 Å². The number of hydrogen-bond donors (Lipinski definition) is 0. The van der Waals surface area contributed by atoms with Gasteiger partial charge in [0, 0.05) is 36.8 Å². The third-order valence-electron chi connectivity index (χ3n) is 4.71. The van der Waals surface area contributed by atoms with Crippen molar-refractivity contribution in [3.8, 4) is 0 Å². The molecule has 4 rings (SSSR count). The molecule has 0 fully saturated rings. The number of nitrogens with zero attached hydrogens (tertiary/aromatic N) is 5. The second-order valence-corrected chi connectivity index (χ2v) is 7.93. The fourth-order valence-corrected chi connectivity index (χ4v) is 4.12. The molecule has 1 aromatic heterocycles. The molecule has 154 valence electrons. The zero-order valence-electron chi connectivity index (χ0n) is 16.2. The van der Waals surface area contributed by atoms with Gasteiger partial charge in [-0.05, 0) is 35.2 Å². The van der Waals surface area contributed by atoms with Crippen molar-refractivity contribution < 1.29 is 8.78 Å². The Morgan fingerprint density at radius 3 is 2.50 bits per heavy atom. The van der Waals surface area contributed by atoms with E-state index in [-0.39, 0.29) is 12.1 Å². The van der Waals surface area contributed by atoms with E-state index in [4.69, 9.17) is 0 Å².